The topological polar surface area (TPSA) is 91.3 Å². The Bertz CT molecular complexity index is 325. The van der Waals surface area contributed by atoms with Crippen LogP contribution in [0.4, 0.5) is 0 Å². The van der Waals surface area contributed by atoms with Crippen LogP contribution in [-0.2, 0) is 30.4 Å². The quantitative estimate of drug-likeness (QED) is 0.142. The van der Waals surface area contributed by atoms with Gasteiger partial charge in [0.15, 0.2) is 11.6 Å². The van der Waals surface area contributed by atoms with Gasteiger partial charge in [-0.1, -0.05) is 0 Å². The molecule has 0 heterocycles. The minimum absolute atomic E-state index is 0. The van der Waals surface area contributed by atoms with Gasteiger partial charge in [0.05, 0.1) is 0 Å². The van der Waals surface area contributed by atoms with Crippen LogP contribution in [-0.4, -0.2) is 24.5 Å². The van der Waals surface area contributed by atoms with E-state index in [1.54, 1.807) is 0 Å². The predicted molar refractivity (Wildman–Crippen MR) is 45.4 cm³/mol. The summed E-state index contributed by atoms with van der Waals surface area (Å²) in [5.74, 6) is -0.241. The fourth-order valence-corrected chi connectivity index (χ4v) is 0.440. The molecule has 72 valence electrons. The van der Waals surface area contributed by atoms with E-state index in [4.69, 9.17) is 13.0 Å². The molecule has 0 aromatic heterocycles. The van der Waals surface area contributed by atoms with E-state index >= 15 is 0 Å². The molecule has 0 spiro atoms. The Hall–Kier alpha value is 1.08. The van der Waals surface area contributed by atoms with Crippen LogP contribution in [0.3, 0.4) is 0 Å². The number of rotatable bonds is 0. The first-order chi connectivity index (χ1) is 5.79. The second-order valence-electron chi connectivity index (χ2n) is 1.88. The maximum absolute atomic E-state index is 10.3. The zero-order chi connectivity index (χ0) is 10.5. The van der Waals surface area contributed by atoms with Crippen molar-refractivity contribution in [2.45, 2.75) is 0 Å². The van der Waals surface area contributed by atoms with Crippen molar-refractivity contribution in [2.75, 3.05) is 0 Å². The molecule has 0 aliphatic heterocycles. The Balaban J connectivity index is -0.000000185. The molecule has 0 saturated carbocycles. The van der Waals surface area contributed by atoms with Gasteiger partial charge in [-0.2, -0.15) is 0 Å². The molecule has 0 bridgehead atoms. The molecule has 0 aromatic carbocycles. The van der Waals surface area contributed by atoms with Crippen LogP contribution in [0, 0.1) is 0 Å². The third-order valence-corrected chi connectivity index (χ3v) is 0.824. The minimum Gasteiger partial charge on any atom is -0.768 e. The van der Waals surface area contributed by atoms with E-state index in [9.17, 15) is 9.59 Å². The first-order valence-electron chi connectivity index (χ1n) is 2.90. The van der Waals surface area contributed by atoms with Crippen molar-refractivity contribution in [3.05, 3.63) is 24.3 Å². The predicted octanol–water partition coefficient (Wildman–Crippen LogP) is -6.75. The van der Waals surface area contributed by atoms with Gasteiger partial charge in [0, 0.05) is 0 Å². The molecule has 1 rings (SSSR count). The zero-order valence-electron chi connectivity index (χ0n) is 8.17. The van der Waals surface area contributed by atoms with Crippen molar-refractivity contribution in [1.82, 2.24) is 0 Å². The number of ketones is 2. The Morgan fingerprint density at radius 3 is 1.20 bits per heavy atom. The van der Waals surface area contributed by atoms with Crippen molar-refractivity contribution in [3.63, 3.8) is 0 Å². The first-order valence-corrected chi connectivity index (χ1v) is 5.23. The number of carbonyl (C=O) groups is 2. The molecule has 0 aromatic rings. The van der Waals surface area contributed by atoms with E-state index < -0.39 is 9.15 Å². The molecular formula is C6H4Na2O5S2. The molecule has 5 nitrogen and oxygen atoms in total. The van der Waals surface area contributed by atoms with Crippen LogP contribution >= 0.6 is 0 Å². The van der Waals surface area contributed by atoms with Gasteiger partial charge in [-0.3, -0.25) is 18.0 Å². The molecule has 9 heteroatoms. The van der Waals surface area contributed by atoms with E-state index in [2.05, 4.69) is 11.7 Å². The van der Waals surface area contributed by atoms with Gasteiger partial charge in [-0.15, -0.1) is 0 Å². The molecule has 1 aliphatic rings. The molecule has 0 N–H and O–H groups in total. The van der Waals surface area contributed by atoms with Crippen molar-refractivity contribution in [1.29, 1.82) is 0 Å². The monoisotopic (exact) mass is 266 g/mol. The summed E-state index contributed by atoms with van der Waals surface area (Å²) >= 11 is 3.24. The summed E-state index contributed by atoms with van der Waals surface area (Å²) in [6, 6.07) is 0. The Morgan fingerprint density at radius 2 is 1.07 bits per heavy atom. The Kier molecular flexibility index (Phi) is 14.6. The smallest absolute Gasteiger partial charge is 0.768 e. The summed E-state index contributed by atoms with van der Waals surface area (Å²) in [7, 11) is -4.33. The summed E-state index contributed by atoms with van der Waals surface area (Å²) < 4.78 is 26.7. The van der Waals surface area contributed by atoms with Crippen LogP contribution in [0.5, 0.6) is 0 Å². The van der Waals surface area contributed by atoms with E-state index in [-0.39, 0.29) is 70.7 Å². The maximum Gasteiger partial charge on any atom is 1.00 e. The summed E-state index contributed by atoms with van der Waals surface area (Å²) in [6.45, 7) is 0. The van der Waals surface area contributed by atoms with E-state index in [0.29, 0.717) is 0 Å². The Labute approximate surface area is 137 Å². The fourth-order valence-electron chi connectivity index (χ4n) is 0.440. The molecule has 0 amide bonds. The molecular weight excluding hydrogens is 262 g/mol. The van der Waals surface area contributed by atoms with Gasteiger partial charge >= 0.3 is 59.1 Å². The van der Waals surface area contributed by atoms with Crippen molar-refractivity contribution >= 4 is 32.4 Å². The average Bonchev–Trinajstić information content (AvgIpc) is 1.92. The normalized spacial score (nSPS) is 13.2. The Morgan fingerprint density at radius 1 is 0.933 bits per heavy atom. The van der Waals surface area contributed by atoms with E-state index in [1.807, 2.05) is 0 Å². The van der Waals surface area contributed by atoms with Gasteiger partial charge in [-0.05, 0) is 33.5 Å². The largest absolute Gasteiger partial charge is 1.00 e. The van der Waals surface area contributed by atoms with E-state index in [1.165, 1.54) is 24.3 Å². The second-order valence-corrected chi connectivity index (χ2v) is 3.92. The van der Waals surface area contributed by atoms with Gasteiger partial charge in [0.1, 0.15) is 0 Å². The molecule has 0 fully saturated rings. The number of hydrogen-bond donors (Lipinski definition) is 0. The second kappa shape index (κ2) is 10.2. The summed E-state index contributed by atoms with van der Waals surface area (Å²) in [5.41, 5.74) is 0. The fraction of sp³-hybridized carbons (Fsp3) is 0. The maximum atomic E-state index is 10.3. The number of carbonyl (C=O) groups excluding carboxylic acids is 2. The molecule has 0 saturated heterocycles. The van der Waals surface area contributed by atoms with Gasteiger partial charge in [0.25, 0.3) is 0 Å². The van der Waals surface area contributed by atoms with Crippen LogP contribution in [0.2, 0.25) is 0 Å². The number of allylic oxidation sites excluding steroid dienone is 4. The summed E-state index contributed by atoms with van der Waals surface area (Å²) in [6.07, 6.45) is 5.01. The van der Waals surface area contributed by atoms with Crippen LogP contribution in [0.1, 0.15) is 0 Å². The standard InChI is InChI=1S/C6H4O2.2Na.H2O3S2/c7-5-1-2-6(8)4-3-5;;;1-5(2,3)4/h1-4H;;;(H2,1,2,3,4)/q;2*+1;/p-2. The van der Waals surface area contributed by atoms with E-state index in [0.717, 1.165) is 0 Å². The average molecular weight is 266 g/mol. The van der Waals surface area contributed by atoms with Gasteiger partial charge in [0.2, 0.25) is 0 Å². The van der Waals surface area contributed by atoms with Crippen molar-refractivity contribution in [2.24, 2.45) is 0 Å². The summed E-state index contributed by atoms with van der Waals surface area (Å²) in [5, 5.41) is 0. The minimum atomic E-state index is -4.33. The van der Waals surface area contributed by atoms with Crippen LogP contribution in [0.15, 0.2) is 24.3 Å². The summed E-state index contributed by atoms with van der Waals surface area (Å²) in [4.78, 5) is 20.6. The van der Waals surface area contributed by atoms with Gasteiger partial charge in [-0.25, -0.2) is 0 Å². The molecule has 0 atom stereocenters. The molecule has 0 unspecified atom stereocenters. The molecule has 0 radical (unpaired) electrons. The third kappa shape index (κ3) is 21.0. The number of hydrogen-bond acceptors (Lipinski definition) is 6. The van der Waals surface area contributed by atoms with Crippen molar-refractivity contribution < 1.29 is 81.7 Å². The van der Waals surface area contributed by atoms with Gasteiger partial charge < -0.3 is 16.2 Å². The van der Waals surface area contributed by atoms with Crippen LogP contribution in [0.25, 0.3) is 0 Å². The molecule has 1 aliphatic carbocycles. The third-order valence-electron chi connectivity index (χ3n) is 0.824. The van der Waals surface area contributed by atoms with Crippen LogP contribution < -0.4 is 59.1 Å². The SMILES string of the molecule is O=C1C=CC(=O)C=C1.O=S(=O)([O-])[S-].[Na+].[Na+]. The first kappa shape index (κ1) is 21.4. The zero-order valence-corrected chi connectivity index (χ0v) is 13.8. The molecule has 15 heavy (non-hydrogen) atoms. The van der Waals surface area contributed by atoms with Crippen molar-refractivity contribution in [3.8, 4) is 0 Å².